The number of rotatable bonds is 5. The molecular weight excluding hydrogens is 216 g/mol. The summed E-state index contributed by atoms with van der Waals surface area (Å²) >= 11 is 0. The minimum absolute atomic E-state index is 0.213. The van der Waals surface area contributed by atoms with Gasteiger partial charge in [-0.25, -0.2) is 0 Å². The monoisotopic (exact) mass is 234 g/mol. The summed E-state index contributed by atoms with van der Waals surface area (Å²) in [5.74, 6) is 0.577. The van der Waals surface area contributed by atoms with Gasteiger partial charge in [0.2, 0.25) is 5.91 Å². The van der Waals surface area contributed by atoms with Crippen LogP contribution in [0.15, 0.2) is 30.9 Å². The Balaban J connectivity index is 2.72. The van der Waals surface area contributed by atoms with Crippen LogP contribution in [0, 0.1) is 6.92 Å². The zero-order valence-electron chi connectivity index (χ0n) is 10.2. The molecule has 4 nitrogen and oxygen atoms in total. The molecule has 3 N–H and O–H groups in total. The van der Waals surface area contributed by atoms with E-state index in [4.69, 9.17) is 10.5 Å². The third-order valence-electron chi connectivity index (χ3n) is 2.42. The second kappa shape index (κ2) is 6.06. The highest BCUT2D eigenvalue weighted by atomic mass is 16.5. The van der Waals surface area contributed by atoms with E-state index in [2.05, 4.69) is 11.9 Å². The van der Waals surface area contributed by atoms with E-state index >= 15 is 0 Å². The molecule has 4 heteroatoms. The molecule has 0 aliphatic carbocycles. The van der Waals surface area contributed by atoms with Crippen LogP contribution in [0.2, 0.25) is 0 Å². The van der Waals surface area contributed by atoms with Gasteiger partial charge >= 0.3 is 0 Å². The van der Waals surface area contributed by atoms with Gasteiger partial charge in [0, 0.05) is 5.69 Å². The van der Waals surface area contributed by atoms with Crippen molar-refractivity contribution in [1.82, 2.24) is 0 Å². The van der Waals surface area contributed by atoms with E-state index in [-0.39, 0.29) is 5.91 Å². The fraction of sp³-hybridized carbons (Fsp3) is 0.308. The summed E-state index contributed by atoms with van der Waals surface area (Å²) in [4.78, 5) is 11.7. The van der Waals surface area contributed by atoms with E-state index in [1.165, 1.54) is 0 Å². The van der Waals surface area contributed by atoms with Crippen LogP contribution in [0.5, 0.6) is 5.75 Å². The van der Waals surface area contributed by atoms with Crippen molar-refractivity contribution in [3.05, 3.63) is 36.4 Å². The largest absolute Gasteiger partial charge is 0.496 e. The van der Waals surface area contributed by atoms with E-state index in [0.29, 0.717) is 12.1 Å². The summed E-state index contributed by atoms with van der Waals surface area (Å²) in [5.41, 5.74) is 7.34. The predicted octanol–water partition coefficient (Wildman–Crippen LogP) is 1.85. The number of carbonyl (C=O) groups is 1. The molecule has 1 aromatic rings. The zero-order chi connectivity index (χ0) is 12.8. The number of nitrogens with one attached hydrogen (secondary N) is 1. The van der Waals surface area contributed by atoms with E-state index in [0.717, 1.165) is 11.3 Å². The Kier molecular flexibility index (Phi) is 4.72. The quantitative estimate of drug-likeness (QED) is 0.764. The Labute approximate surface area is 101 Å². The van der Waals surface area contributed by atoms with Crippen molar-refractivity contribution >= 4 is 11.6 Å². The standard InChI is InChI=1S/C13H18N2O2/c1-4-5-11(14)13(16)15-10-6-7-12(17-3)9(2)8-10/h4,6-8,11H,1,5,14H2,2-3H3,(H,15,16). The summed E-state index contributed by atoms with van der Waals surface area (Å²) in [6.07, 6.45) is 2.09. The lowest BCUT2D eigenvalue weighted by atomic mass is 10.1. The number of amides is 1. The first-order chi connectivity index (χ1) is 8.08. The van der Waals surface area contributed by atoms with Gasteiger partial charge in [0.05, 0.1) is 13.2 Å². The van der Waals surface area contributed by atoms with Gasteiger partial charge in [0.25, 0.3) is 0 Å². The minimum Gasteiger partial charge on any atom is -0.496 e. The maximum Gasteiger partial charge on any atom is 0.241 e. The first kappa shape index (κ1) is 13.3. The first-order valence-corrected chi connectivity index (χ1v) is 5.40. The van der Waals surface area contributed by atoms with Crippen molar-refractivity contribution in [3.63, 3.8) is 0 Å². The van der Waals surface area contributed by atoms with Crippen molar-refractivity contribution in [3.8, 4) is 5.75 Å². The van der Waals surface area contributed by atoms with Crippen LogP contribution < -0.4 is 15.8 Å². The minimum atomic E-state index is -0.560. The normalized spacial score (nSPS) is 11.7. The second-order valence-corrected chi connectivity index (χ2v) is 3.80. The molecule has 0 aliphatic heterocycles. The molecule has 1 rings (SSSR count). The number of carbonyl (C=O) groups excluding carboxylic acids is 1. The molecule has 1 amide bonds. The van der Waals surface area contributed by atoms with Crippen LogP contribution in [0.4, 0.5) is 5.69 Å². The van der Waals surface area contributed by atoms with E-state index in [9.17, 15) is 4.79 Å². The van der Waals surface area contributed by atoms with Gasteiger partial charge in [-0.05, 0) is 37.1 Å². The molecule has 0 aromatic heterocycles. The van der Waals surface area contributed by atoms with Crippen molar-refractivity contribution in [2.24, 2.45) is 5.73 Å². The third-order valence-corrected chi connectivity index (χ3v) is 2.42. The molecule has 0 fully saturated rings. The number of hydrogen-bond donors (Lipinski definition) is 2. The number of nitrogens with two attached hydrogens (primary N) is 1. The molecule has 1 atom stereocenters. The van der Waals surface area contributed by atoms with Crippen molar-refractivity contribution in [1.29, 1.82) is 0 Å². The first-order valence-electron chi connectivity index (χ1n) is 5.40. The number of benzene rings is 1. The lowest BCUT2D eigenvalue weighted by Gasteiger charge is -2.12. The average Bonchev–Trinajstić information content (AvgIpc) is 2.29. The molecule has 1 aromatic carbocycles. The van der Waals surface area contributed by atoms with Crippen LogP contribution in [-0.4, -0.2) is 19.1 Å². The van der Waals surface area contributed by atoms with Crippen LogP contribution in [-0.2, 0) is 4.79 Å². The van der Waals surface area contributed by atoms with Crippen LogP contribution in [0.25, 0.3) is 0 Å². The summed E-state index contributed by atoms with van der Waals surface area (Å²) in [5, 5.41) is 2.75. The lowest BCUT2D eigenvalue weighted by molar-refractivity contribution is -0.117. The number of aryl methyl sites for hydroxylation is 1. The van der Waals surface area contributed by atoms with Gasteiger partial charge in [-0.15, -0.1) is 6.58 Å². The molecule has 0 saturated heterocycles. The summed E-state index contributed by atoms with van der Waals surface area (Å²) < 4.78 is 5.14. The van der Waals surface area contributed by atoms with Gasteiger partial charge in [0.15, 0.2) is 0 Å². The maximum absolute atomic E-state index is 11.7. The maximum atomic E-state index is 11.7. The number of hydrogen-bond acceptors (Lipinski definition) is 3. The van der Waals surface area contributed by atoms with Crippen LogP contribution in [0.3, 0.4) is 0 Å². The van der Waals surface area contributed by atoms with Gasteiger partial charge in [-0.1, -0.05) is 6.08 Å². The Hall–Kier alpha value is -1.81. The fourth-order valence-electron chi connectivity index (χ4n) is 1.48. The number of anilines is 1. The molecule has 0 saturated carbocycles. The number of methoxy groups -OCH3 is 1. The van der Waals surface area contributed by atoms with Gasteiger partial charge in [-0.2, -0.15) is 0 Å². The number of ether oxygens (including phenoxy) is 1. The molecular formula is C13H18N2O2. The Morgan fingerprint density at radius 2 is 2.35 bits per heavy atom. The fourth-order valence-corrected chi connectivity index (χ4v) is 1.48. The van der Waals surface area contributed by atoms with E-state index < -0.39 is 6.04 Å². The van der Waals surface area contributed by atoms with Crippen molar-refractivity contribution < 1.29 is 9.53 Å². The highest BCUT2D eigenvalue weighted by molar-refractivity contribution is 5.94. The molecule has 92 valence electrons. The summed E-state index contributed by atoms with van der Waals surface area (Å²) in [6, 6.07) is 4.88. The average molecular weight is 234 g/mol. The van der Waals surface area contributed by atoms with Crippen molar-refractivity contribution in [2.75, 3.05) is 12.4 Å². The molecule has 0 bridgehead atoms. The van der Waals surface area contributed by atoms with Crippen LogP contribution >= 0.6 is 0 Å². The molecule has 0 radical (unpaired) electrons. The smallest absolute Gasteiger partial charge is 0.241 e. The third kappa shape index (κ3) is 3.60. The topological polar surface area (TPSA) is 64.4 Å². The molecule has 1 unspecified atom stereocenters. The summed E-state index contributed by atoms with van der Waals surface area (Å²) in [7, 11) is 1.61. The molecule has 17 heavy (non-hydrogen) atoms. The highest BCUT2D eigenvalue weighted by Crippen LogP contribution is 2.21. The van der Waals surface area contributed by atoms with E-state index in [1.807, 2.05) is 19.1 Å². The van der Waals surface area contributed by atoms with Gasteiger partial charge < -0.3 is 15.8 Å². The Bertz CT molecular complexity index is 416. The molecule has 0 heterocycles. The van der Waals surface area contributed by atoms with Crippen LogP contribution in [0.1, 0.15) is 12.0 Å². The predicted molar refractivity (Wildman–Crippen MR) is 69.2 cm³/mol. The SMILES string of the molecule is C=CCC(N)C(=O)Nc1ccc(OC)c(C)c1. The highest BCUT2D eigenvalue weighted by Gasteiger charge is 2.12. The Morgan fingerprint density at radius 3 is 2.88 bits per heavy atom. The molecule has 0 aliphatic rings. The second-order valence-electron chi connectivity index (χ2n) is 3.80. The molecule has 0 spiro atoms. The lowest BCUT2D eigenvalue weighted by Crippen LogP contribution is -2.35. The summed E-state index contributed by atoms with van der Waals surface area (Å²) in [6.45, 7) is 5.47. The van der Waals surface area contributed by atoms with Gasteiger partial charge in [-0.3, -0.25) is 4.79 Å². The zero-order valence-corrected chi connectivity index (χ0v) is 10.2. The van der Waals surface area contributed by atoms with Gasteiger partial charge in [0.1, 0.15) is 5.75 Å². The van der Waals surface area contributed by atoms with E-state index in [1.54, 1.807) is 19.3 Å². The van der Waals surface area contributed by atoms with Crippen molar-refractivity contribution in [2.45, 2.75) is 19.4 Å². The Morgan fingerprint density at radius 1 is 1.65 bits per heavy atom.